The first kappa shape index (κ1) is 11.8. The smallest absolute Gasteiger partial charge is 0.273 e. The number of rotatable bonds is 4. The zero-order valence-corrected chi connectivity index (χ0v) is 8.22. The molecule has 84 valence electrons. The predicted molar refractivity (Wildman–Crippen MR) is 57.2 cm³/mol. The van der Waals surface area contributed by atoms with Crippen molar-refractivity contribution in [2.45, 2.75) is 6.42 Å². The van der Waals surface area contributed by atoms with Crippen LogP contribution in [0.1, 0.15) is 12.0 Å². The van der Waals surface area contributed by atoms with Crippen LogP contribution in [-0.2, 0) is 4.79 Å². The van der Waals surface area contributed by atoms with Gasteiger partial charge in [-0.25, -0.2) is 4.39 Å². The van der Waals surface area contributed by atoms with Gasteiger partial charge in [0.25, 0.3) is 5.69 Å². The summed E-state index contributed by atoms with van der Waals surface area (Å²) in [5, 5.41) is 10.5. The molecule has 0 amide bonds. The van der Waals surface area contributed by atoms with Crippen LogP contribution in [0.4, 0.5) is 15.8 Å². The fourth-order valence-electron chi connectivity index (χ4n) is 1.12. The van der Waals surface area contributed by atoms with Crippen molar-refractivity contribution < 1.29 is 14.1 Å². The monoisotopic (exact) mass is 224 g/mol. The Hall–Kier alpha value is -2.24. The molecule has 5 nitrogen and oxygen atoms in total. The lowest BCUT2D eigenvalue weighted by Gasteiger charge is -2.01. The van der Waals surface area contributed by atoms with Gasteiger partial charge in [0.15, 0.2) is 5.82 Å². The number of aldehydes is 1. The van der Waals surface area contributed by atoms with E-state index in [0.29, 0.717) is 6.29 Å². The molecule has 1 aromatic carbocycles. The number of nitro groups is 1. The number of hydrogen-bond donors (Lipinski definition) is 1. The van der Waals surface area contributed by atoms with Crippen LogP contribution >= 0.6 is 0 Å². The number of halogens is 1. The molecular weight excluding hydrogens is 215 g/mol. The van der Waals surface area contributed by atoms with Gasteiger partial charge in [-0.1, -0.05) is 12.2 Å². The van der Waals surface area contributed by atoms with Crippen molar-refractivity contribution in [3.05, 3.63) is 39.7 Å². The molecule has 0 radical (unpaired) electrons. The Kier molecular flexibility index (Phi) is 3.71. The molecule has 1 aromatic rings. The van der Waals surface area contributed by atoms with Crippen molar-refractivity contribution in [2.75, 3.05) is 5.73 Å². The summed E-state index contributed by atoms with van der Waals surface area (Å²) in [4.78, 5) is 19.8. The summed E-state index contributed by atoms with van der Waals surface area (Å²) in [6.45, 7) is 0. The summed E-state index contributed by atoms with van der Waals surface area (Å²) in [5.41, 5.74) is 5.03. The van der Waals surface area contributed by atoms with Gasteiger partial charge >= 0.3 is 0 Å². The van der Waals surface area contributed by atoms with Gasteiger partial charge < -0.3 is 10.5 Å². The molecule has 2 N–H and O–H groups in total. The van der Waals surface area contributed by atoms with Crippen LogP contribution in [0.2, 0.25) is 0 Å². The zero-order valence-electron chi connectivity index (χ0n) is 8.22. The molecule has 1 rings (SSSR count). The van der Waals surface area contributed by atoms with Gasteiger partial charge in [-0.05, 0) is 0 Å². The van der Waals surface area contributed by atoms with E-state index in [-0.39, 0.29) is 23.4 Å². The average Bonchev–Trinajstić information content (AvgIpc) is 2.24. The number of nitrogens with zero attached hydrogens (tertiary/aromatic N) is 1. The summed E-state index contributed by atoms with van der Waals surface area (Å²) in [6, 6.07) is 1.91. The van der Waals surface area contributed by atoms with E-state index in [0.717, 1.165) is 12.1 Å². The summed E-state index contributed by atoms with van der Waals surface area (Å²) in [5.74, 6) is -0.847. The van der Waals surface area contributed by atoms with Crippen molar-refractivity contribution in [3.63, 3.8) is 0 Å². The maximum absolute atomic E-state index is 13.2. The van der Waals surface area contributed by atoms with Gasteiger partial charge in [0.05, 0.1) is 16.7 Å². The Morgan fingerprint density at radius 3 is 2.75 bits per heavy atom. The molecule has 0 aliphatic rings. The number of benzene rings is 1. The van der Waals surface area contributed by atoms with Gasteiger partial charge in [0.1, 0.15) is 6.29 Å². The van der Waals surface area contributed by atoms with Crippen molar-refractivity contribution >= 4 is 23.7 Å². The number of nitrogens with two attached hydrogens (primary N) is 1. The molecule has 0 aliphatic heterocycles. The van der Waals surface area contributed by atoms with Crippen molar-refractivity contribution in [3.8, 4) is 0 Å². The van der Waals surface area contributed by atoms with Crippen LogP contribution in [0.25, 0.3) is 6.08 Å². The van der Waals surface area contributed by atoms with Crippen molar-refractivity contribution in [1.82, 2.24) is 0 Å². The maximum Gasteiger partial charge on any atom is 0.273 e. The second-order valence-electron chi connectivity index (χ2n) is 2.99. The number of allylic oxidation sites excluding steroid dienone is 1. The van der Waals surface area contributed by atoms with Crippen molar-refractivity contribution in [1.29, 1.82) is 0 Å². The molecule has 0 unspecified atom stereocenters. The van der Waals surface area contributed by atoms with Crippen LogP contribution in [-0.4, -0.2) is 11.2 Å². The zero-order chi connectivity index (χ0) is 12.1. The largest absolute Gasteiger partial charge is 0.396 e. The van der Waals surface area contributed by atoms with Crippen LogP contribution < -0.4 is 5.73 Å². The van der Waals surface area contributed by atoms with Gasteiger partial charge in [-0.3, -0.25) is 10.1 Å². The first-order valence-corrected chi connectivity index (χ1v) is 4.40. The highest BCUT2D eigenvalue weighted by atomic mass is 19.1. The molecule has 0 aromatic heterocycles. The highest BCUT2D eigenvalue weighted by Crippen LogP contribution is 2.24. The normalized spacial score (nSPS) is 10.6. The fourth-order valence-corrected chi connectivity index (χ4v) is 1.12. The molecule has 0 atom stereocenters. The lowest BCUT2D eigenvalue weighted by Crippen LogP contribution is -1.97. The lowest BCUT2D eigenvalue weighted by molar-refractivity contribution is -0.385. The molecule has 0 saturated carbocycles. The molecule has 6 heteroatoms. The highest BCUT2D eigenvalue weighted by molar-refractivity contribution is 5.69. The molecule has 0 heterocycles. The Bertz CT molecular complexity index is 458. The quantitative estimate of drug-likeness (QED) is 0.366. The minimum Gasteiger partial charge on any atom is -0.396 e. The van der Waals surface area contributed by atoms with Gasteiger partial charge in [-0.2, -0.15) is 0 Å². The number of non-ortho nitro benzene ring substituents is 1. The first-order chi connectivity index (χ1) is 7.56. The van der Waals surface area contributed by atoms with Crippen LogP contribution in [0.15, 0.2) is 18.2 Å². The average molecular weight is 224 g/mol. The summed E-state index contributed by atoms with van der Waals surface area (Å²) in [6.07, 6.45) is 3.62. The number of carbonyl (C=O) groups excluding carboxylic acids is 1. The Morgan fingerprint density at radius 1 is 1.50 bits per heavy atom. The van der Waals surface area contributed by atoms with Crippen LogP contribution in [0.5, 0.6) is 0 Å². The van der Waals surface area contributed by atoms with E-state index >= 15 is 0 Å². The highest BCUT2D eigenvalue weighted by Gasteiger charge is 2.12. The Morgan fingerprint density at radius 2 is 2.19 bits per heavy atom. The van der Waals surface area contributed by atoms with Gasteiger partial charge in [0.2, 0.25) is 0 Å². The number of nitro benzene ring substituents is 1. The van der Waals surface area contributed by atoms with E-state index in [9.17, 15) is 19.3 Å². The minimum atomic E-state index is -0.847. The van der Waals surface area contributed by atoms with E-state index in [4.69, 9.17) is 5.73 Å². The third kappa shape index (κ3) is 2.63. The summed E-state index contributed by atoms with van der Waals surface area (Å²) < 4.78 is 13.2. The van der Waals surface area contributed by atoms with Crippen molar-refractivity contribution in [2.24, 2.45) is 0 Å². The summed E-state index contributed by atoms with van der Waals surface area (Å²) in [7, 11) is 0. The van der Waals surface area contributed by atoms with E-state index in [1.165, 1.54) is 12.2 Å². The van der Waals surface area contributed by atoms with E-state index < -0.39 is 10.7 Å². The molecule has 0 fully saturated rings. The number of hydrogen-bond acceptors (Lipinski definition) is 4. The topological polar surface area (TPSA) is 86.2 Å². The van der Waals surface area contributed by atoms with E-state index in [2.05, 4.69) is 0 Å². The fraction of sp³-hybridized carbons (Fsp3) is 0.100. The third-order valence-corrected chi connectivity index (χ3v) is 1.89. The van der Waals surface area contributed by atoms with E-state index in [1.54, 1.807) is 0 Å². The van der Waals surface area contributed by atoms with Gasteiger partial charge in [0, 0.05) is 18.1 Å². The molecule has 16 heavy (non-hydrogen) atoms. The Labute approximate surface area is 90.5 Å². The second kappa shape index (κ2) is 5.01. The molecular formula is C10H9FN2O3. The molecule has 0 aliphatic carbocycles. The number of carbonyl (C=O) groups is 1. The maximum atomic E-state index is 13.2. The molecule has 0 spiro atoms. The number of nitrogen functional groups attached to an aromatic ring is 1. The minimum absolute atomic E-state index is 0.143. The van der Waals surface area contributed by atoms with Gasteiger partial charge in [-0.15, -0.1) is 0 Å². The molecule has 0 bridgehead atoms. The first-order valence-electron chi connectivity index (χ1n) is 4.40. The molecule has 0 saturated heterocycles. The predicted octanol–water partition coefficient (Wildman–Crippen LogP) is 1.92. The number of anilines is 1. The second-order valence-corrected chi connectivity index (χ2v) is 2.99. The van der Waals surface area contributed by atoms with Crippen LogP contribution in [0, 0.1) is 15.9 Å². The summed E-state index contributed by atoms with van der Waals surface area (Å²) >= 11 is 0. The van der Waals surface area contributed by atoms with Crippen LogP contribution in [0.3, 0.4) is 0 Å². The van der Waals surface area contributed by atoms with E-state index in [1.807, 2.05) is 0 Å². The SMILES string of the molecule is Nc1c(F)cc([N+](=O)[O-])cc1C=CCC=O. The Balaban J connectivity index is 3.16. The lowest BCUT2D eigenvalue weighted by atomic mass is 10.1. The standard InChI is InChI=1S/C10H9FN2O3/c11-9-6-8(13(15)16)5-7(10(9)12)3-1-2-4-14/h1,3-6H,2,12H2. The third-order valence-electron chi connectivity index (χ3n) is 1.89.